The van der Waals surface area contributed by atoms with E-state index in [4.69, 9.17) is 9.47 Å². The summed E-state index contributed by atoms with van der Waals surface area (Å²) in [5.41, 5.74) is 5.86. The molecule has 1 heterocycles. The van der Waals surface area contributed by atoms with E-state index in [2.05, 4.69) is 62.4 Å². The molecule has 0 radical (unpaired) electrons. The molecule has 0 aromatic heterocycles. The minimum atomic E-state index is 0.0924. The van der Waals surface area contributed by atoms with Gasteiger partial charge < -0.3 is 0 Å². The second-order valence-corrected chi connectivity index (χ2v) is 8.98. The number of rotatable bonds is 4. The van der Waals surface area contributed by atoms with Crippen molar-refractivity contribution in [1.82, 2.24) is 0 Å². The molecule has 0 aliphatic carbocycles. The molecule has 2 nitrogen and oxygen atoms in total. The third-order valence-electron chi connectivity index (χ3n) is 4.89. The van der Waals surface area contributed by atoms with Gasteiger partial charge in [0.2, 0.25) is 0 Å². The van der Waals surface area contributed by atoms with Gasteiger partial charge in [0.25, 0.3) is 0 Å². The Labute approximate surface area is 151 Å². The van der Waals surface area contributed by atoms with Crippen LogP contribution in [0.15, 0.2) is 59.7 Å². The first-order valence-corrected chi connectivity index (χ1v) is 10.2. The molecule has 0 spiro atoms. The van der Waals surface area contributed by atoms with Crippen molar-refractivity contribution in [2.24, 2.45) is 0 Å². The Hall–Kier alpha value is -1.70. The second kappa shape index (κ2) is 7.04. The van der Waals surface area contributed by atoms with Gasteiger partial charge in [-0.2, -0.15) is 0 Å². The van der Waals surface area contributed by atoms with E-state index in [0.717, 1.165) is 17.9 Å². The van der Waals surface area contributed by atoms with Crippen LogP contribution in [0.25, 0.3) is 0 Å². The summed E-state index contributed by atoms with van der Waals surface area (Å²) in [5, 5.41) is 1.21. The van der Waals surface area contributed by atoms with E-state index >= 15 is 0 Å². The number of hydrogen-bond donors (Lipinski definition) is 0. The van der Waals surface area contributed by atoms with Crippen LogP contribution in [0.5, 0.6) is 11.5 Å². The van der Waals surface area contributed by atoms with E-state index < -0.39 is 0 Å². The molecule has 0 bridgehead atoms. The van der Waals surface area contributed by atoms with Crippen LogP contribution in [0.1, 0.15) is 31.4 Å². The average molecular weight is 387 g/mol. The molecule has 1 aliphatic heterocycles. The van der Waals surface area contributed by atoms with E-state index in [1.807, 2.05) is 0 Å². The van der Waals surface area contributed by atoms with Crippen LogP contribution in [-0.2, 0) is 4.31 Å². The Morgan fingerprint density at radius 2 is 1.21 bits per heavy atom. The van der Waals surface area contributed by atoms with Gasteiger partial charge >= 0.3 is 151 Å². The zero-order valence-electron chi connectivity index (χ0n) is 14.8. The van der Waals surface area contributed by atoms with Crippen molar-refractivity contribution in [1.29, 1.82) is 0 Å². The Morgan fingerprint density at radius 3 is 1.58 bits per heavy atom. The van der Waals surface area contributed by atoms with Gasteiger partial charge in [-0.25, -0.2) is 0 Å². The fourth-order valence-corrected chi connectivity index (χ4v) is 6.61. The van der Waals surface area contributed by atoms with Gasteiger partial charge in [0.05, 0.1) is 0 Å². The molecule has 0 unspecified atom stereocenters. The van der Waals surface area contributed by atoms with Crippen LogP contribution >= 0.6 is 0 Å². The van der Waals surface area contributed by atoms with Gasteiger partial charge in [-0.15, -0.1) is 0 Å². The average Bonchev–Trinajstić information content (AvgIpc) is 2.64. The molecule has 0 saturated heterocycles. The summed E-state index contributed by atoms with van der Waals surface area (Å²) in [5.74, 6) is 1.82. The molecule has 2 aromatic rings. The maximum atomic E-state index is 5.34. The molecule has 0 atom stereocenters. The van der Waals surface area contributed by atoms with Crippen LogP contribution < -0.4 is 9.47 Å². The minimum absolute atomic E-state index is 0.0924. The van der Waals surface area contributed by atoms with Crippen LogP contribution in [0.3, 0.4) is 0 Å². The summed E-state index contributed by atoms with van der Waals surface area (Å²) < 4.78 is 10.8. The molecule has 3 rings (SSSR count). The number of ether oxygens (including phenoxy) is 2. The monoisotopic (exact) mass is 388 g/mol. The molecule has 1 aliphatic rings. The standard InChI is InChI=1S/C21H24O2Se/c1-15-13-21(24-14-16(15)2,17-5-9-19(22-3)10-6-17)18-7-11-20(23-4)12-8-18/h5-12H,13-14H2,1-4H3. The molecule has 0 amide bonds. The van der Waals surface area contributed by atoms with Crippen LogP contribution in [0.2, 0.25) is 5.32 Å². The molecule has 0 fully saturated rings. The molecule has 3 heteroatoms. The second-order valence-electron chi connectivity index (χ2n) is 6.31. The summed E-state index contributed by atoms with van der Waals surface area (Å²) in [6.07, 6.45) is 1.09. The van der Waals surface area contributed by atoms with Crippen molar-refractivity contribution < 1.29 is 9.47 Å². The first-order chi connectivity index (χ1) is 11.6. The van der Waals surface area contributed by atoms with Gasteiger partial charge in [0, 0.05) is 0 Å². The van der Waals surface area contributed by atoms with Gasteiger partial charge in [-0.05, 0) is 0 Å². The zero-order valence-corrected chi connectivity index (χ0v) is 16.5. The Kier molecular flexibility index (Phi) is 5.03. The van der Waals surface area contributed by atoms with E-state index in [1.165, 1.54) is 22.0 Å². The van der Waals surface area contributed by atoms with E-state index in [-0.39, 0.29) is 4.31 Å². The van der Waals surface area contributed by atoms with Crippen LogP contribution in [0, 0.1) is 0 Å². The normalized spacial score (nSPS) is 16.8. The molecular weight excluding hydrogens is 363 g/mol. The summed E-state index contributed by atoms with van der Waals surface area (Å²) in [7, 11) is 3.43. The van der Waals surface area contributed by atoms with E-state index in [0.29, 0.717) is 15.0 Å². The number of methoxy groups -OCH3 is 2. The van der Waals surface area contributed by atoms with Crippen molar-refractivity contribution in [2.75, 3.05) is 14.2 Å². The molecule has 0 saturated carbocycles. The van der Waals surface area contributed by atoms with E-state index in [1.54, 1.807) is 19.8 Å². The van der Waals surface area contributed by atoms with Gasteiger partial charge in [-0.3, -0.25) is 0 Å². The zero-order chi connectivity index (χ0) is 17.2. The SMILES string of the molecule is COc1ccc(C2(c3ccc(OC)cc3)CC(C)=C(C)C[Se]2)cc1. The molecular formula is C21H24O2Se. The topological polar surface area (TPSA) is 18.5 Å². The molecule has 2 aromatic carbocycles. The molecule has 24 heavy (non-hydrogen) atoms. The van der Waals surface area contributed by atoms with Crippen molar-refractivity contribution in [3.8, 4) is 11.5 Å². The number of benzene rings is 2. The van der Waals surface area contributed by atoms with Gasteiger partial charge in [0.1, 0.15) is 0 Å². The first kappa shape index (κ1) is 17.1. The van der Waals surface area contributed by atoms with Crippen molar-refractivity contribution in [3.05, 3.63) is 70.8 Å². The predicted octanol–water partition coefficient (Wildman–Crippen LogP) is 4.81. The third-order valence-corrected chi connectivity index (χ3v) is 8.43. The van der Waals surface area contributed by atoms with Gasteiger partial charge in [0.15, 0.2) is 0 Å². The predicted molar refractivity (Wildman–Crippen MR) is 100 cm³/mol. The number of hydrogen-bond acceptors (Lipinski definition) is 2. The molecule has 126 valence electrons. The Morgan fingerprint density at radius 1 is 0.750 bits per heavy atom. The maximum absolute atomic E-state index is 5.34. The third kappa shape index (κ3) is 3.11. The van der Waals surface area contributed by atoms with Crippen molar-refractivity contribution in [2.45, 2.75) is 29.9 Å². The number of allylic oxidation sites excluding steroid dienone is 2. The summed E-state index contributed by atoms with van der Waals surface area (Å²) in [6, 6.07) is 17.3. The quantitative estimate of drug-likeness (QED) is 0.554. The summed E-state index contributed by atoms with van der Waals surface area (Å²) >= 11 is 0.472. The fourth-order valence-electron chi connectivity index (χ4n) is 3.19. The Balaban J connectivity index is 2.09. The van der Waals surface area contributed by atoms with E-state index in [9.17, 15) is 0 Å². The Bertz CT molecular complexity index is 682. The van der Waals surface area contributed by atoms with Crippen molar-refractivity contribution in [3.63, 3.8) is 0 Å². The first-order valence-electron chi connectivity index (χ1n) is 8.17. The van der Waals surface area contributed by atoms with Gasteiger partial charge in [-0.1, -0.05) is 0 Å². The summed E-state index contributed by atoms with van der Waals surface area (Å²) in [6.45, 7) is 4.56. The summed E-state index contributed by atoms with van der Waals surface area (Å²) in [4.78, 5) is 0. The van der Waals surface area contributed by atoms with Crippen molar-refractivity contribution >= 4 is 15.0 Å². The van der Waals surface area contributed by atoms with Crippen LogP contribution in [0.4, 0.5) is 0 Å². The van der Waals surface area contributed by atoms with Crippen LogP contribution in [-0.4, -0.2) is 29.2 Å². The fraction of sp³-hybridized carbons (Fsp3) is 0.333. The molecule has 0 N–H and O–H groups in total.